The van der Waals surface area contributed by atoms with Gasteiger partial charge < -0.3 is 5.11 Å². The predicted octanol–water partition coefficient (Wildman–Crippen LogP) is 6.21. The van der Waals surface area contributed by atoms with E-state index >= 15 is 0 Å². The summed E-state index contributed by atoms with van der Waals surface area (Å²) in [5.41, 5.74) is 3.07. The van der Waals surface area contributed by atoms with Crippen molar-refractivity contribution in [3.63, 3.8) is 0 Å². The molecule has 34 heavy (non-hydrogen) atoms. The number of carbonyl (C=O) groups excluding carboxylic acids is 3. The lowest BCUT2D eigenvalue weighted by Crippen LogP contribution is -2.05. The van der Waals surface area contributed by atoms with Gasteiger partial charge in [-0.2, -0.15) is 0 Å². The largest absolute Gasteiger partial charge is 0.508 e. The van der Waals surface area contributed by atoms with E-state index in [9.17, 15) is 19.5 Å². The molecule has 0 saturated carbocycles. The van der Waals surface area contributed by atoms with Crippen molar-refractivity contribution >= 4 is 23.9 Å². The van der Waals surface area contributed by atoms with Crippen molar-refractivity contribution in [3.05, 3.63) is 143 Å². The highest BCUT2D eigenvalue weighted by atomic mass is 16.3. The number of aromatic hydroxyl groups is 1. The molecule has 1 N–H and O–H groups in total. The highest BCUT2D eigenvalue weighted by Crippen LogP contribution is 2.24. The van der Waals surface area contributed by atoms with E-state index in [-0.39, 0.29) is 23.7 Å². The van der Waals surface area contributed by atoms with Gasteiger partial charge in [-0.15, -0.1) is 0 Å². The maximum atomic E-state index is 12.5. The molecule has 4 aromatic rings. The van der Waals surface area contributed by atoms with E-state index in [0.717, 1.165) is 11.8 Å². The van der Waals surface area contributed by atoms with E-state index in [1.54, 1.807) is 84.9 Å². The van der Waals surface area contributed by atoms with Crippen molar-refractivity contribution in [2.24, 2.45) is 0 Å². The molecular weight excluding hydrogens is 424 g/mol. The van der Waals surface area contributed by atoms with Gasteiger partial charge in [-0.05, 0) is 17.7 Å². The standard InChI is InChI=1S/C23H18O3.C7H6O/c24-21(18-8-3-1-4-9-18)15-14-17-12-7-13-22(25)20(17)16-23(26)19-10-5-2-6-11-19;8-6-7-4-2-1-3-5-7/h1-15,25H,16H2;1-6H. The smallest absolute Gasteiger partial charge is 0.185 e. The fourth-order valence-corrected chi connectivity index (χ4v) is 3.22. The fraction of sp³-hybridized carbons (Fsp3) is 0.0333. The van der Waals surface area contributed by atoms with E-state index in [4.69, 9.17) is 0 Å². The van der Waals surface area contributed by atoms with Crippen LogP contribution in [0.2, 0.25) is 0 Å². The van der Waals surface area contributed by atoms with Gasteiger partial charge in [0, 0.05) is 28.7 Å². The van der Waals surface area contributed by atoms with Crippen LogP contribution in [0.15, 0.2) is 115 Å². The number of carbonyl (C=O) groups is 3. The molecule has 0 spiro atoms. The third-order valence-corrected chi connectivity index (χ3v) is 5.03. The van der Waals surface area contributed by atoms with Gasteiger partial charge in [0.2, 0.25) is 0 Å². The van der Waals surface area contributed by atoms with Crippen LogP contribution in [0, 0.1) is 0 Å². The SMILES string of the molecule is O=C(C=Cc1cccc(O)c1CC(=O)c1ccccc1)c1ccccc1.O=Cc1ccccc1. The number of benzene rings is 4. The summed E-state index contributed by atoms with van der Waals surface area (Å²) in [5, 5.41) is 10.2. The number of rotatable bonds is 7. The Balaban J connectivity index is 0.000000343. The lowest BCUT2D eigenvalue weighted by atomic mass is 9.97. The van der Waals surface area contributed by atoms with Gasteiger partial charge in [0.25, 0.3) is 0 Å². The van der Waals surface area contributed by atoms with Crippen LogP contribution in [0.4, 0.5) is 0 Å². The minimum atomic E-state index is -0.130. The molecule has 0 aromatic heterocycles. The molecule has 0 fully saturated rings. The van der Waals surface area contributed by atoms with Crippen molar-refractivity contribution in [2.75, 3.05) is 0 Å². The minimum absolute atomic E-state index is 0.0450. The monoisotopic (exact) mass is 448 g/mol. The maximum absolute atomic E-state index is 12.5. The van der Waals surface area contributed by atoms with Crippen molar-refractivity contribution in [1.29, 1.82) is 0 Å². The molecule has 0 aliphatic rings. The molecular formula is C30H24O4. The van der Waals surface area contributed by atoms with Crippen LogP contribution in [-0.2, 0) is 6.42 Å². The molecule has 0 bridgehead atoms. The summed E-state index contributed by atoms with van der Waals surface area (Å²) >= 11 is 0. The lowest BCUT2D eigenvalue weighted by Gasteiger charge is -2.08. The van der Waals surface area contributed by atoms with E-state index < -0.39 is 0 Å². The van der Waals surface area contributed by atoms with Gasteiger partial charge in [-0.25, -0.2) is 0 Å². The topological polar surface area (TPSA) is 71.4 Å². The molecule has 4 aromatic carbocycles. The molecule has 0 heterocycles. The van der Waals surface area contributed by atoms with Gasteiger partial charge in [0.15, 0.2) is 11.6 Å². The fourth-order valence-electron chi connectivity index (χ4n) is 3.22. The molecule has 0 saturated heterocycles. The average Bonchev–Trinajstić information content (AvgIpc) is 2.90. The van der Waals surface area contributed by atoms with Crippen LogP contribution >= 0.6 is 0 Å². The van der Waals surface area contributed by atoms with Crippen molar-refractivity contribution in [2.45, 2.75) is 6.42 Å². The Morgan fingerprint density at radius 1 is 0.676 bits per heavy atom. The first kappa shape index (κ1) is 24.1. The van der Waals surface area contributed by atoms with E-state index in [2.05, 4.69) is 0 Å². The van der Waals surface area contributed by atoms with E-state index in [1.165, 1.54) is 6.08 Å². The second-order valence-corrected chi connectivity index (χ2v) is 7.40. The molecule has 0 aliphatic carbocycles. The Bertz CT molecular complexity index is 1260. The number of Topliss-reactive ketones (excluding diaryl/α,β-unsaturated/α-hetero) is 1. The predicted molar refractivity (Wildman–Crippen MR) is 134 cm³/mol. The Morgan fingerprint density at radius 2 is 1.24 bits per heavy atom. The number of hydrogen-bond donors (Lipinski definition) is 1. The first-order valence-corrected chi connectivity index (χ1v) is 10.8. The highest BCUT2D eigenvalue weighted by Gasteiger charge is 2.13. The molecule has 168 valence electrons. The Labute approximate surface area is 198 Å². The summed E-state index contributed by atoms with van der Waals surface area (Å²) in [7, 11) is 0. The number of ketones is 2. The van der Waals surface area contributed by atoms with Gasteiger partial charge in [0.1, 0.15) is 12.0 Å². The lowest BCUT2D eigenvalue weighted by molar-refractivity contribution is 0.0990. The minimum Gasteiger partial charge on any atom is -0.508 e. The molecule has 0 aliphatic heterocycles. The third-order valence-electron chi connectivity index (χ3n) is 5.03. The van der Waals surface area contributed by atoms with Crippen LogP contribution in [-0.4, -0.2) is 23.0 Å². The molecule has 0 radical (unpaired) electrons. The van der Waals surface area contributed by atoms with Crippen LogP contribution in [0.5, 0.6) is 5.75 Å². The number of phenols is 1. The van der Waals surface area contributed by atoms with Crippen LogP contribution in [0.1, 0.15) is 42.2 Å². The summed E-state index contributed by atoms with van der Waals surface area (Å²) in [6, 6.07) is 32.0. The molecule has 4 rings (SSSR count). The summed E-state index contributed by atoms with van der Waals surface area (Å²) in [5.74, 6) is -0.172. The number of hydrogen-bond acceptors (Lipinski definition) is 4. The number of allylic oxidation sites excluding steroid dienone is 1. The molecule has 0 amide bonds. The normalized spacial score (nSPS) is 10.2. The van der Waals surface area contributed by atoms with Gasteiger partial charge in [-0.3, -0.25) is 14.4 Å². The van der Waals surface area contributed by atoms with Gasteiger partial charge in [0.05, 0.1) is 0 Å². The van der Waals surface area contributed by atoms with E-state index in [0.29, 0.717) is 22.3 Å². The summed E-state index contributed by atoms with van der Waals surface area (Å²) in [6.07, 6.45) is 4.00. The van der Waals surface area contributed by atoms with Crippen molar-refractivity contribution < 1.29 is 19.5 Å². The van der Waals surface area contributed by atoms with Crippen LogP contribution in [0.25, 0.3) is 6.08 Å². The molecule has 0 unspecified atom stereocenters. The highest BCUT2D eigenvalue weighted by molar-refractivity contribution is 6.07. The van der Waals surface area contributed by atoms with Crippen molar-refractivity contribution in [3.8, 4) is 5.75 Å². The zero-order chi connectivity index (χ0) is 24.2. The van der Waals surface area contributed by atoms with Crippen molar-refractivity contribution in [1.82, 2.24) is 0 Å². The first-order valence-electron chi connectivity index (χ1n) is 10.8. The summed E-state index contributed by atoms with van der Waals surface area (Å²) in [6.45, 7) is 0. The Hall–Kier alpha value is -4.57. The second-order valence-electron chi connectivity index (χ2n) is 7.40. The maximum Gasteiger partial charge on any atom is 0.185 e. The number of phenolic OH excluding ortho intramolecular Hbond substituents is 1. The molecule has 4 heteroatoms. The summed E-state index contributed by atoms with van der Waals surface area (Å²) in [4.78, 5) is 34.7. The van der Waals surface area contributed by atoms with Crippen LogP contribution in [0.3, 0.4) is 0 Å². The van der Waals surface area contributed by atoms with E-state index in [1.807, 2.05) is 30.3 Å². The zero-order valence-corrected chi connectivity index (χ0v) is 18.5. The molecule has 0 atom stereocenters. The third kappa shape index (κ3) is 6.97. The van der Waals surface area contributed by atoms with Gasteiger partial charge in [-0.1, -0.05) is 109 Å². The zero-order valence-electron chi connectivity index (χ0n) is 18.5. The average molecular weight is 449 g/mol. The quantitative estimate of drug-likeness (QED) is 0.207. The van der Waals surface area contributed by atoms with Gasteiger partial charge >= 0.3 is 0 Å². The molecule has 4 nitrogen and oxygen atoms in total. The number of aldehydes is 1. The summed E-state index contributed by atoms with van der Waals surface area (Å²) < 4.78 is 0. The van der Waals surface area contributed by atoms with Crippen LogP contribution < -0.4 is 0 Å². The Kier molecular flexibility index (Phi) is 8.83. The second kappa shape index (κ2) is 12.5. The first-order chi connectivity index (χ1) is 16.6. The Morgan fingerprint density at radius 3 is 1.79 bits per heavy atom.